The summed E-state index contributed by atoms with van der Waals surface area (Å²) in [6.45, 7) is 13.6. The van der Waals surface area contributed by atoms with Gasteiger partial charge in [0, 0.05) is 65.8 Å². The molecule has 0 saturated heterocycles. The number of nitrogens with zero attached hydrogens (tertiary/aromatic N) is 4. The van der Waals surface area contributed by atoms with Gasteiger partial charge >= 0.3 is 0 Å². The second-order valence-corrected chi connectivity index (χ2v) is 37.9. The van der Waals surface area contributed by atoms with Crippen molar-refractivity contribution in [2.24, 2.45) is 0 Å². The summed E-state index contributed by atoms with van der Waals surface area (Å²) in [6, 6.07) is 177. The third kappa shape index (κ3) is 19.3. The molecule has 20 aromatic carbocycles. The lowest BCUT2D eigenvalue weighted by Gasteiger charge is -2.10. The molecule has 0 aliphatic rings. The van der Waals surface area contributed by atoms with E-state index in [1.54, 1.807) is 0 Å². The number of benzene rings is 20. The predicted molar refractivity (Wildman–Crippen MR) is 598 cm³/mol. The van der Waals surface area contributed by atoms with Crippen LogP contribution in [0.4, 0.5) is 0 Å². The lowest BCUT2D eigenvalue weighted by atomic mass is 9.96. The van der Waals surface area contributed by atoms with Crippen LogP contribution < -0.4 is 0 Å². The first-order valence-corrected chi connectivity index (χ1v) is 50.0. The topological polar surface area (TPSA) is 19.7 Å². The highest BCUT2D eigenvalue weighted by Crippen LogP contribution is 2.43. The van der Waals surface area contributed by atoms with Crippen LogP contribution in [0.3, 0.4) is 0 Å². The largest absolute Gasteiger partial charge is 0.309 e. The number of rotatable bonds is 22. The molecule has 0 bridgehead atoms. The van der Waals surface area contributed by atoms with Gasteiger partial charge in [-0.05, 0) is 314 Å². The van der Waals surface area contributed by atoms with Gasteiger partial charge in [0.15, 0.2) is 0 Å². The minimum atomic E-state index is 0.495. The number of para-hydroxylation sites is 4. The smallest absolute Gasteiger partial charge is 0.0541 e. The van der Waals surface area contributed by atoms with Crippen molar-refractivity contribution >= 4 is 87.2 Å². The highest BCUT2D eigenvalue weighted by Gasteiger charge is 2.22. The molecule has 4 heterocycles. The van der Waals surface area contributed by atoms with E-state index in [0.29, 0.717) is 11.8 Å². The molecule has 1 unspecified atom stereocenters. The number of hydrogen-bond acceptors (Lipinski definition) is 0. The Morgan fingerprint density at radius 3 is 0.650 bits per heavy atom. The maximum Gasteiger partial charge on any atom is 0.0541 e. The van der Waals surface area contributed by atoms with Crippen molar-refractivity contribution in [2.45, 2.75) is 105 Å². The maximum absolute atomic E-state index is 2.41. The monoisotopic (exact) mass is 1800 g/mol. The molecule has 0 N–H and O–H groups in total. The fourth-order valence-electron chi connectivity index (χ4n) is 20.5. The summed E-state index contributed by atoms with van der Waals surface area (Å²) >= 11 is 0. The first-order valence-electron chi connectivity index (χ1n) is 50.0. The summed E-state index contributed by atoms with van der Waals surface area (Å²) in [7, 11) is 0. The Hall–Kier alpha value is -16.4. The first kappa shape index (κ1) is 90.1. The van der Waals surface area contributed by atoms with Crippen LogP contribution in [0.15, 0.2) is 485 Å². The van der Waals surface area contributed by atoms with Gasteiger partial charge in [0.25, 0.3) is 0 Å². The molecule has 0 aliphatic carbocycles. The number of aryl methyl sites for hydroxylation is 2. The average molecular weight is 1810 g/mol. The molecule has 0 amide bonds. The summed E-state index contributed by atoms with van der Waals surface area (Å²) in [4.78, 5) is 0. The average Bonchev–Trinajstić information content (AvgIpc) is 1.61. The Labute approximate surface area is 823 Å². The van der Waals surface area contributed by atoms with E-state index in [4.69, 9.17) is 0 Å². The molecule has 4 aromatic heterocycles. The molecule has 140 heavy (non-hydrogen) atoms. The van der Waals surface area contributed by atoms with Gasteiger partial charge in [0.1, 0.15) is 0 Å². The van der Waals surface area contributed by atoms with Crippen LogP contribution in [-0.2, 0) is 38.5 Å². The van der Waals surface area contributed by atoms with E-state index in [1.165, 1.54) is 221 Å². The first-order chi connectivity index (χ1) is 69.0. The van der Waals surface area contributed by atoms with E-state index in [0.717, 1.165) is 51.4 Å². The third-order valence-electron chi connectivity index (χ3n) is 28.2. The Morgan fingerprint density at radius 2 is 0.386 bits per heavy atom. The van der Waals surface area contributed by atoms with Crippen molar-refractivity contribution < 1.29 is 0 Å². The quantitative estimate of drug-likeness (QED) is 0.0644. The molecular weight excluding hydrogens is 1690 g/mol. The SMILES string of the molecule is CC(C)c1ccc2c(c1)c1cc(-c3ccc(Cc4ccccc4)cc3)ccc1n2-c1ccccc1.CCC(C)c1ccc2c(c1)c1cc(-c3ccc(Cc4ccccc4)cc3)ccc1n2-c1ccccc1.CCCc1ccc2c(c1)c1cc(-c3ccc(Cc4ccccc4)cc3)ccc1n2-c1ccccc1.CCc1ccc2c(c1)c1cc(-c3ccc(Cc4ccccc4)cc3)ccc1n2-c1ccccc1. The summed E-state index contributed by atoms with van der Waals surface area (Å²) in [5.41, 5.74) is 41.2. The Kier molecular flexibility index (Phi) is 26.6. The van der Waals surface area contributed by atoms with E-state index in [-0.39, 0.29) is 0 Å². The molecule has 24 aromatic rings. The highest BCUT2D eigenvalue weighted by atomic mass is 15.0. The Morgan fingerprint density at radius 1 is 0.179 bits per heavy atom. The van der Waals surface area contributed by atoms with Crippen LogP contribution in [0.25, 0.3) is 154 Å². The lowest BCUT2D eigenvalue weighted by Crippen LogP contribution is -1.94. The van der Waals surface area contributed by atoms with Crippen molar-refractivity contribution in [1.29, 1.82) is 0 Å². The van der Waals surface area contributed by atoms with Crippen LogP contribution in [0, 0.1) is 0 Å². The van der Waals surface area contributed by atoms with Crippen LogP contribution >= 0.6 is 0 Å². The standard InChI is InChI=1S/C35H31N.2C34H29N.C33H27N/c1-3-25(2)29-18-20-34-32(23-29)33-24-30(19-21-35(33)36(34)31-12-8-5-9-13-31)28-16-14-27(15-17-28)22-26-10-6-4-7-11-26;1-24(2)28-17-19-33-31(22-28)32-23-29(18-20-34(32)35(33)30-11-7-4-8-12-30)27-15-13-26(14-16-27)21-25-9-5-3-6-10-25;1-2-9-25-16-20-33-31(23-25)32-24-29(19-21-34(32)35(33)30-12-7-4-8-13-30)28-17-14-27(15-18-28)22-26-10-5-3-6-11-26;1-2-24-15-19-32-30(22-24)31-23-28(18-20-33(31)34(32)29-11-7-4-8-12-29)27-16-13-26(14-17-27)21-25-9-5-3-6-10-25/h4-21,23-25H,3,22H2,1-2H3;3-20,22-24H,21H2,1-2H3;3-8,10-21,23-24H,2,9,22H2,1H3;3-20,22-23H,2,21H2,1H3. The molecule has 1 atom stereocenters. The normalized spacial score (nSPS) is 11.6. The molecule has 4 heteroatoms. The van der Waals surface area contributed by atoms with Gasteiger partial charge in [0.2, 0.25) is 0 Å². The molecule has 4 nitrogen and oxygen atoms in total. The van der Waals surface area contributed by atoms with Gasteiger partial charge < -0.3 is 18.3 Å². The summed E-state index contributed by atoms with van der Waals surface area (Å²) < 4.78 is 9.57. The molecular formula is C136H116N4. The van der Waals surface area contributed by atoms with Crippen molar-refractivity contribution in [3.8, 4) is 67.3 Å². The van der Waals surface area contributed by atoms with E-state index < -0.39 is 0 Å². The van der Waals surface area contributed by atoms with E-state index in [9.17, 15) is 0 Å². The minimum absolute atomic E-state index is 0.495. The van der Waals surface area contributed by atoms with E-state index in [1.807, 2.05) is 0 Å². The Balaban J connectivity index is 0.000000111. The number of fused-ring (bicyclic) bond motifs is 12. The molecule has 680 valence electrons. The van der Waals surface area contributed by atoms with Crippen LogP contribution in [-0.4, -0.2) is 18.3 Å². The van der Waals surface area contributed by atoms with Crippen LogP contribution in [0.1, 0.15) is 133 Å². The third-order valence-corrected chi connectivity index (χ3v) is 28.2. The fraction of sp³-hybridized carbons (Fsp3) is 0.118. The summed E-state index contributed by atoms with van der Waals surface area (Å²) in [5, 5.41) is 10.5. The summed E-state index contributed by atoms with van der Waals surface area (Å²) in [6.07, 6.45) is 8.29. The lowest BCUT2D eigenvalue weighted by molar-refractivity contribution is 0.735. The van der Waals surface area contributed by atoms with Crippen molar-refractivity contribution in [3.05, 3.63) is 552 Å². The molecule has 0 aliphatic heterocycles. The van der Waals surface area contributed by atoms with Crippen molar-refractivity contribution in [2.75, 3.05) is 0 Å². The zero-order chi connectivity index (χ0) is 94.8. The molecule has 0 saturated carbocycles. The fourth-order valence-corrected chi connectivity index (χ4v) is 20.5. The molecule has 0 fully saturated rings. The molecule has 24 rings (SSSR count). The second-order valence-electron chi connectivity index (χ2n) is 37.9. The van der Waals surface area contributed by atoms with Gasteiger partial charge in [0.05, 0.1) is 44.1 Å². The van der Waals surface area contributed by atoms with E-state index in [2.05, 4.69) is 545 Å². The Bertz CT molecular complexity index is 8390. The van der Waals surface area contributed by atoms with Crippen molar-refractivity contribution in [1.82, 2.24) is 18.3 Å². The second kappa shape index (κ2) is 41.3. The van der Waals surface area contributed by atoms with Gasteiger partial charge in [-0.1, -0.05) is 388 Å². The van der Waals surface area contributed by atoms with Gasteiger partial charge in [-0.3, -0.25) is 0 Å². The zero-order valence-corrected chi connectivity index (χ0v) is 80.8. The van der Waals surface area contributed by atoms with Crippen molar-refractivity contribution in [3.63, 3.8) is 0 Å². The predicted octanol–water partition coefficient (Wildman–Crippen LogP) is 36.3. The minimum Gasteiger partial charge on any atom is -0.309 e. The van der Waals surface area contributed by atoms with Gasteiger partial charge in [-0.2, -0.15) is 0 Å². The number of hydrogen-bond donors (Lipinski definition) is 0. The van der Waals surface area contributed by atoms with Crippen LogP contribution in [0.2, 0.25) is 0 Å². The summed E-state index contributed by atoms with van der Waals surface area (Å²) in [5.74, 6) is 1.04. The van der Waals surface area contributed by atoms with Gasteiger partial charge in [-0.15, -0.1) is 0 Å². The molecule has 0 spiro atoms. The highest BCUT2D eigenvalue weighted by molar-refractivity contribution is 6.14. The van der Waals surface area contributed by atoms with Gasteiger partial charge in [-0.25, -0.2) is 0 Å². The zero-order valence-electron chi connectivity index (χ0n) is 80.8. The maximum atomic E-state index is 2.41. The number of aromatic nitrogens is 4. The van der Waals surface area contributed by atoms with Crippen LogP contribution in [0.5, 0.6) is 0 Å². The molecule has 0 radical (unpaired) electrons. The van der Waals surface area contributed by atoms with E-state index >= 15 is 0 Å².